The van der Waals surface area contributed by atoms with Gasteiger partial charge in [-0.3, -0.25) is 14.5 Å². The number of aldehydes is 1. The molecule has 1 saturated heterocycles. The van der Waals surface area contributed by atoms with E-state index in [-0.39, 0.29) is 18.2 Å². The van der Waals surface area contributed by atoms with Crippen LogP contribution in [0.3, 0.4) is 0 Å². The first-order valence-corrected chi connectivity index (χ1v) is 23.9. The Morgan fingerprint density at radius 2 is 1.69 bits per heavy atom. The Kier molecular flexibility index (Phi) is 15.9. The van der Waals surface area contributed by atoms with Crippen LogP contribution in [0.2, 0.25) is 5.02 Å². The number of unbranched alkanes of at least 4 members (excludes halogenated alkanes) is 2. The Balaban J connectivity index is 0.735. The molecule has 2 N–H and O–H groups in total. The molecule has 3 aromatic carbocycles. The minimum absolute atomic E-state index is 0.152. The van der Waals surface area contributed by atoms with Gasteiger partial charge in [-0.2, -0.15) is 4.98 Å². The van der Waals surface area contributed by atoms with Gasteiger partial charge in [0.2, 0.25) is 11.9 Å². The number of amides is 2. The molecule has 1 unspecified atom stereocenters. The summed E-state index contributed by atoms with van der Waals surface area (Å²) in [6.45, 7) is 8.20. The summed E-state index contributed by atoms with van der Waals surface area (Å²) in [4.78, 5) is 52.8. The van der Waals surface area contributed by atoms with Crippen molar-refractivity contribution < 1.29 is 23.5 Å². The Morgan fingerprint density at radius 1 is 0.923 bits per heavy atom. The molecule has 3 aliphatic rings. The molecule has 2 aromatic heterocycles. The maximum Gasteiger partial charge on any atom is 0.255 e. The predicted octanol–water partition coefficient (Wildman–Crippen LogP) is 9.13. The van der Waals surface area contributed by atoms with Crippen molar-refractivity contribution in [3.05, 3.63) is 106 Å². The van der Waals surface area contributed by atoms with Crippen LogP contribution in [0.5, 0.6) is 0 Å². The van der Waals surface area contributed by atoms with Gasteiger partial charge in [0.25, 0.3) is 5.91 Å². The number of rotatable bonds is 21. The summed E-state index contributed by atoms with van der Waals surface area (Å²) < 4.78 is 22.4. The monoisotopic (exact) mass is 904 g/mol. The van der Waals surface area contributed by atoms with Crippen LogP contribution in [0.4, 0.5) is 16.0 Å². The zero-order valence-electron chi connectivity index (χ0n) is 37.6. The predicted molar refractivity (Wildman–Crippen MR) is 254 cm³/mol. The number of ether oxygens (including phenoxy) is 1. The average molecular weight is 906 g/mol. The van der Waals surface area contributed by atoms with Gasteiger partial charge in [-0.1, -0.05) is 67.3 Å². The molecule has 1 aliphatic carbocycles. The largest absolute Gasteiger partial charge is 0.381 e. The number of fused-ring (bicyclic) bond motifs is 2. The van der Waals surface area contributed by atoms with E-state index in [4.69, 9.17) is 21.3 Å². The van der Waals surface area contributed by atoms with Crippen LogP contribution in [-0.2, 0) is 33.8 Å². The summed E-state index contributed by atoms with van der Waals surface area (Å²) in [5, 5.41) is 7.11. The SMILES string of the molecule is CNC(=O)C(CCC=O)N1Cc2cc(CCCOCCCCCN3CCN(Cc4ccc(-c5cn(C6CCCCC6)c6nc(Nc7cc(F)cc(Cl)c7)ncc56)cc4)CC3)ccc2C1=O. The highest BCUT2D eigenvalue weighted by Gasteiger charge is 2.36. The molecule has 12 nitrogen and oxygen atoms in total. The standard InChI is InChI=1S/C51H62ClFN8O4/c1-54-49(63)47(13-8-25-62)61-34-39-28-36(16-19-44(39)50(61)64)10-9-27-65-26-7-3-6-20-58-21-23-59(24-22-58)33-37-14-17-38(18-15-37)46-35-60(43-11-4-2-5-12-43)48-45(46)32-55-51(57-48)56-42-30-40(52)29-41(53)31-42/h14-19,25,28-32,35,43,47H,2-13,20-24,26-27,33-34H2,1H3,(H,54,63)(H,55,56,57). The number of aryl methyl sites for hydroxylation is 1. The number of carbonyl (C=O) groups excluding carboxylic acids is 3. The van der Waals surface area contributed by atoms with E-state index in [2.05, 4.69) is 66.5 Å². The Morgan fingerprint density at radius 3 is 2.46 bits per heavy atom. The maximum absolute atomic E-state index is 14.1. The molecule has 8 rings (SSSR count). The van der Waals surface area contributed by atoms with Gasteiger partial charge in [0, 0.05) is 112 Å². The van der Waals surface area contributed by atoms with Crippen LogP contribution in [-0.4, -0.2) is 106 Å². The molecule has 0 bridgehead atoms. The van der Waals surface area contributed by atoms with E-state index in [1.165, 1.54) is 43.4 Å². The number of hydrogen-bond acceptors (Lipinski definition) is 9. The first-order chi connectivity index (χ1) is 31.8. The lowest BCUT2D eigenvalue weighted by Gasteiger charge is -2.34. The van der Waals surface area contributed by atoms with Crippen molar-refractivity contribution in [1.82, 2.24) is 34.6 Å². The van der Waals surface area contributed by atoms with Crippen molar-refractivity contribution in [1.29, 1.82) is 0 Å². The Bertz CT molecular complexity index is 2390. The third-order valence-electron chi connectivity index (χ3n) is 13.3. The second kappa shape index (κ2) is 22.3. The average Bonchev–Trinajstić information content (AvgIpc) is 3.86. The highest BCUT2D eigenvalue weighted by Crippen LogP contribution is 2.37. The fraction of sp³-hybridized carbons (Fsp3) is 0.471. The molecule has 2 fully saturated rings. The second-order valence-electron chi connectivity index (χ2n) is 17.8. The summed E-state index contributed by atoms with van der Waals surface area (Å²) in [5.74, 6) is -0.395. The molecule has 65 heavy (non-hydrogen) atoms. The van der Waals surface area contributed by atoms with Gasteiger partial charge < -0.3 is 34.5 Å². The third kappa shape index (κ3) is 11.8. The molecule has 1 saturated carbocycles. The highest BCUT2D eigenvalue weighted by atomic mass is 35.5. The summed E-state index contributed by atoms with van der Waals surface area (Å²) in [7, 11) is 1.55. The summed E-state index contributed by atoms with van der Waals surface area (Å²) in [6, 6.07) is 19.0. The molecule has 1 atom stereocenters. The van der Waals surface area contributed by atoms with Gasteiger partial charge in [0.05, 0.1) is 0 Å². The highest BCUT2D eigenvalue weighted by molar-refractivity contribution is 6.30. The molecule has 0 radical (unpaired) electrons. The molecule has 14 heteroatoms. The van der Waals surface area contributed by atoms with E-state index in [0.717, 1.165) is 124 Å². The fourth-order valence-electron chi connectivity index (χ4n) is 9.75. The van der Waals surface area contributed by atoms with E-state index in [0.29, 0.717) is 47.8 Å². The van der Waals surface area contributed by atoms with Gasteiger partial charge in [-0.15, -0.1) is 0 Å². The number of anilines is 2. The van der Waals surface area contributed by atoms with Crippen LogP contribution >= 0.6 is 11.6 Å². The van der Waals surface area contributed by atoms with E-state index in [9.17, 15) is 18.8 Å². The van der Waals surface area contributed by atoms with Crippen LogP contribution < -0.4 is 10.6 Å². The molecular formula is C51H62ClFN8O4. The number of nitrogens with zero attached hydrogens (tertiary/aromatic N) is 6. The summed E-state index contributed by atoms with van der Waals surface area (Å²) in [5.41, 5.74) is 7.72. The number of hydrogen-bond donors (Lipinski definition) is 2. The van der Waals surface area contributed by atoms with Gasteiger partial charge in [0.1, 0.15) is 23.8 Å². The fourth-order valence-corrected chi connectivity index (χ4v) is 9.97. The lowest BCUT2D eigenvalue weighted by molar-refractivity contribution is -0.125. The normalized spacial score (nSPS) is 16.5. The number of aromatic nitrogens is 3. The number of likely N-dealkylation sites (N-methyl/N-ethyl adjacent to an activating group) is 1. The summed E-state index contributed by atoms with van der Waals surface area (Å²) >= 11 is 6.11. The van der Waals surface area contributed by atoms with E-state index in [1.54, 1.807) is 18.0 Å². The zero-order chi connectivity index (χ0) is 45.1. The quantitative estimate of drug-likeness (QED) is 0.0548. The molecule has 4 heterocycles. The minimum atomic E-state index is -0.649. The van der Waals surface area contributed by atoms with Gasteiger partial charge in [-0.05, 0) is 104 Å². The Hall–Kier alpha value is -5.21. The Labute approximate surface area is 386 Å². The maximum atomic E-state index is 14.1. The molecule has 344 valence electrons. The summed E-state index contributed by atoms with van der Waals surface area (Å²) in [6.07, 6.45) is 16.6. The molecular weight excluding hydrogens is 843 g/mol. The van der Waals surface area contributed by atoms with Crippen molar-refractivity contribution in [3.63, 3.8) is 0 Å². The zero-order valence-corrected chi connectivity index (χ0v) is 38.3. The topological polar surface area (TPSA) is 125 Å². The smallest absolute Gasteiger partial charge is 0.255 e. The number of benzene rings is 3. The van der Waals surface area contributed by atoms with E-state index in [1.807, 2.05) is 18.3 Å². The molecule has 0 spiro atoms. The van der Waals surface area contributed by atoms with Crippen LogP contribution in [0, 0.1) is 5.82 Å². The number of halogens is 2. The van der Waals surface area contributed by atoms with Crippen LogP contribution in [0.15, 0.2) is 73.1 Å². The van der Waals surface area contributed by atoms with Crippen molar-refractivity contribution in [3.8, 4) is 11.1 Å². The number of nitrogens with one attached hydrogen (secondary N) is 2. The second-order valence-corrected chi connectivity index (χ2v) is 18.3. The van der Waals surface area contributed by atoms with Crippen molar-refractivity contribution in [2.24, 2.45) is 0 Å². The minimum Gasteiger partial charge on any atom is -0.381 e. The third-order valence-corrected chi connectivity index (χ3v) is 13.5. The van der Waals surface area contributed by atoms with Gasteiger partial charge in [0.15, 0.2) is 0 Å². The first kappa shape index (κ1) is 46.3. The van der Waals surface area contributed by atoms with Gasteiger partial charge in [-0.25, -0.2) is 9.37 Å². The molecule has 2 aliphatic heterocycles. The number of piperazine rings is 1. The van der Waals surface area contributed by atoms with Crippen molar-refractivity contribution in [2.75, 3.05) is 58.3 Å². The van der Waals surface area contributed by atoms with E-state index >= 15 is 0 Å². The molecule has 5 aromatic rings. The number of carbonyl (C=O) groups is 3. The first-order valence-electron chi connectivity index (χ1n) is 23.6. The van der Waals surface area contributed by atoms with Crippen LogP contribution in [0.25, 0.3) is 22.2 Å². The van der Waals surface area contributed by atoms with Crippen molar-refractivity contribution in [2.45, 2.75) is 102 Å². The van der Waals surface area contributed by atoms with Crippen LogP contribution in [0.1, 0.15) is 104 Å². The van der Waals surface area contributed by atoms with Crippen molar-refractivity contribution >= 4 is 52.4 Å². The van der Waals surface area contributed by atoms with Gasteiger partial charge >= 0.3 is 0 Å². The van der Waals surface area contributed by atoms with E-state index < -0.39 is 11.9 Å². The lowest BCUT2D eigenvalue weighted by Crippen LogP contribution is -2.46. The lowest BCUT2D eigenvalue weighted by atomic mass is 9.95. The molecule has 2 amide bonds.